The Morgan fingerprint density at radius 3 is 2.60 bits per heavy atom. The maximum atomic E-state index is 12.0. The third-order valence-corrected chi connectivity index (χ3v) is 4.66. The van der Waals surface area contributed by atoms with E-state index in [2.05, 4.69) is 20.9 Å². The zero-order valence-electron chi connectivity index (χ0n) is 15.3. The number of benzene rings is 1. The van der Waals surface area contributed by atoms with Gasteiger partial charge in [-0.25, -0.2) is 4.99 Å². The number of methoxy groups -OCH3 is 1. The fourth-order valence-electron chi connectivity index (χ4n) is 3.00. The van der Waals surface area contributed by atoms with Crippen LogP contribution < -0.4 is 16.0 Å². The molecule has 1 aromatic rings. The van der Waals surface area contributed by atoms with Crippen LogP contribution in [0.3, 0.4) is 0 Å². The second-order valence-electron chi connectivity index (χ2n) is 6.56. The largest absolute Gasteiger partial charge is 0.385 e. The first-order valence-electron chi connectivity index (χ1n) is 9.03. The zero-order chi connectivity index (χ0) is 18.0. The Morgan fingerprint density at radius 1 is 1.24 bits per heavy atom. The molecule has 138 valence electrons. The average Bonchev–Trinajstić information content (AvgIpc) is 2.59. The van der Waals surface area contributed by atoms with Gasteiger partial charge < -0.3 is 20.7 Å². The minimum Gasteiger partial charge on any atom is -0.385 e. The summed E-state index contributed by atoms with van der Waals surface area (Å²) in [6.07, 6.45) is 4.78. The van der Waals surface area contributed by atoms with Crippen LogP contribution in [0.25, 0.3) is 0 Å². The number of nitrogens with zero attached hydrogens (tertiary/aromatic N) is 1. The molecule has 1 aliphatic rings. The Bertz CT molecular complexity index is 556. The van der Waals surface area contributed by atoms with Crippen molar-refractivity contribution in [3.63, 3.8) is 0 Å². The van der Waals surface area contributed by atoms with Gasteiger partial charge in [-0.05, 0) is 43.7 Å². The summed E-state index contributed by atoms with van der Waals surface area (Å²) in [5, 5.41) is 9.45. The summed E-state index contributed by atoms with van der Waals surface area (Å²) in [6, 6.07) is 9.43. The fraction of sp³-hybridized carbons (Fsp3) is 0.579. The number of nitrogens with one attached hydrogen (secondary N) is 3. The van der Waals surface area contributed by atoms with Gasteiger partial charge >= 0.3 is 0 Å². The number of amides is 1. The Labute approximate surface area is 150 Å². The van der Waals surface area contributed by atoms with Crippen molar-refractivity contribution in [2.24, 2.45) is 10.4 Å². The van der Waals surface area contributed by atoms with Crippen molar-refractivity contribution in [1.82, 2.24) is 10.6 Å². The van der Waals surface area contributed by atoms with Crippen LogP contribution >= 0.6 is 0 Å². The lowest BCUT2D eigenvalue weighted by Crippen LogP contribution is -2.47. The molecule has 0 radical (unpaired) electrons. The van der Waals surface area contributed by atoms with Crippen LogP contribution in [0.4, 0.5) is 5.69 Å². The first-order valence-corrected chi connectivity index (χ1v) is 9.03. The van der Waals surface area contributed by atoms with Gasteiger partial charge in [0.1, 0.15) is 6.54 Å². The first kappa shape index (κ1) is 19.2. The minimum atomic E-state index is -0.124. The second-order valence-corrected chi connectivity index (χ2v) is 6.56. The van der Waals surface area contributed by atoms with E-state index >= 15 is 0 Å². The molecule has 0 saturated heterocycles. The molecule has 1 saturated carbocycles. The van der Waals surface area contributed by atoms with Gasteiger partial charge in [-0.2, -0.15) is 0 Å². The van der Waals surface area contributed by atoms with E-state index in [1.165, 1.54) is 19.3 Å². The molecule has 0 heterocycles. The van der Waals surface area contributed by atoms with Crippen LogP contribution in [0.5, 0.6) is 0 Å². The van der Waals surface area contributed by atoms with Gasteiger partial charge in [0, 0.05) is 32.5 Å². The van der Waals surface area contributed by atoms with Crippen molar-refractivity contribution in [3.05, 3.63) is 30.3 Å². The van der Waals surface area contributed by atoms with Gasteiger partial charge in [0.15, 0.2) is 5.96 Å². The molecule has 0 aliphatic heterocycles. The van der Waals surface area contributed by atoms with Crippen molar-refractivity contribution < 1.29 is 9.53 Å². The molecule has 0 unspecified atom stereocenters. The van der Waals surface area contributed by atoms with Crippen molar-refractivity contribution in [2.45, 2.75) is 32.6 Å². The molecule has 0 bridgehead atoms. The Hall–Kier alpha value is -2.08. The van der Waals surface area contributed by atoms with E-state index in [1.54, 1.807) is 7.11 Å². The number of hydrogen-bond donors (Lipinski definition) is 3. The minimum absolute atomic E-state index is 0.0926. The Morgan fingerprint density at radius 2 is 2.00 bits per heavy atom. The van der Waals surface area contributed by atoms with E-state index < -0.39 is 0 Å². The summed E-state index contributed by atoms with van der Waals surface area (Å²) in [7, 11) is 1.75. The smallest absolute Gasteiger partial charge is 0.246 e. The molecule has 25 heavy (non-hydrogen) atoms. The highest BCUT2D eigenvalue weighted by molar-refractivity contribution is 5.94. The quantitative estimate of drug-likeness (QED) is 0.474. The number of aliphatic imine (C=N–C) groups is 1. The molecule has 3 N–H and O–H groups in total. The van der Waals surface area contributed by atoms with Crippen LogP contribution in [0.1, 0.15) is 32.6 Å². The monoisotopic (exact) mass is 346 g/mol. The number of carbonyl (C=O) groups is 1. The summed E-state index contributed by atoms with van der Waals surface area (Å²) in [6.45, 7) is 4.52. The van der Waals surface area contributed by atoms with Gasteiger partial charge in [-0.1, -0.05) is 24.6 Å². The number of ether oxygens (including phenoxy) is 1. The Balaban J connectivity index is 1.84. The molecule has 6 heteroatoms. The van der Waals surface area contributed by atoms with E-state index in [4.69, 9.17) is 4.74 Å². The van der Waals surface area contributed by atoms with Gasteiger partial charge in [-0.3, -0.25) is 4.79 Å². The normalized spacial score (nSPS) is 16.0. The predicted octanol–water partition coefficient (Wildman–Crippen LogP) is 2.39. The lowest BCUT2D eigenvalue weighted by atomic mass is 9.67. The highest BCUT2D eigenvalue weighted by Gasteiger charge is 2.36. The molecule has 1 aromatic carbocycles. The molecule has 0 aromatic heterocycles. The molecule has 6 nitrogen and oxygen atoms in total. The fourth-order valence-corrected chi connectivity index (χ4v) is 3.00. The van der Waals surface area contributed by atoms with E-state index in [9.17, 15) is 4.79 Å². The summed E-state index contributed by atoms with van der Waals surface area (Å²) < 4.78 is 5.24. The SMILES string of the molecule is CCNC(=NCC(=O)Nc1ccccc1)NCC1(CCOC)CCC1. The number of anilines is 1. The van der Waals surface area contributed by atoms with E-state index in [0.29, 0.717) is 11.4 Å². The number of rotatable bonds is 9. The molecule has 0 spiro atoms. The van der Waals surface area contributed by atoms with Gasteiger partial charge in [0.25, 0.3) is 0 Å². The molecule has 1 fully saturated rings. The number of para-hydroxylation sites is 1. The summed E-state index contributed by atoms with van der Waals surface area (Å²) in [5.41, 5.74) is 1.09. The van der Waals surface area contributed by atoms with Gasteiger partial charge in [0.05, 0.1) is 0 Å². The lowest BCUT2D eigenvalue weighted by Gasteiger charge is -2.42. The topological polar surface area (TPSA) is 74.8 Å². The zero-order valence-corrected chi connectivity index (χ0v) is 15.3. The summed E-state index contributed by atoms with van der Waals surface area (Å²) >= 11 is 0. The molecular weight excluding hydrogens is 316 g/mol. The molecule has 2 rings (SSSR count). The highest BCUT2D eigenvalue weighted by Crippen LogP contribution is 2.43. The summed E-state index contributed by atoms with van der Waals surface area (Å²) in [5.74, 6) is 0.565. The predicted molar refractivity (Wildman–Crippen MR) is 102 cm³/mol. The van der Waals surface area contributed by atoms with Crippen LogP contribution in [-0.2, 0) is 9.53 Å². The summed E-state index contributed by atoms with van der Waals surface area (Å²) in [4.78, 5) is 16.4. The standard InChI is InChI=1S/C19H30N4O2/c1-3-20-18(22-15-19(10-7-11-19)12-13-25-2)21-14-17(24)23-16-8-5-4-6-9-16/h4-6,8-9H,3,7,10-15H2,1-2H3,(H,23,24)(H2,20,21,22). The van der Waals surface area contributed by atoms with E-state index in [-0.39, 0.29) is 12.5 Å². The number of hydrogen-bond acceptors (Lipinski definition) is 3. The third kappa shape index (κ3) is 6.38. The van der Waals surface area contributed by atoms with Crippen molar-refractivity contribution in [2.75, 3.05) is 38.7 Å². The van der Waals surface area contributed by atoms with E-state index in [0.717, 1.165) is 31.8 Å². The number of guanidine groups is 1. The molecule has 1 amide bonds. The molecule has 0 atom stereocenters. The maximum absolute atomic E-state index is 12.0. The van der Waals surface area contributed by atoms with Crippen molar-refractivity contribution >= 4 is 17.6 Å². The van der Waals surface area contributed by atoms with Gasteiger partial charge in [0.2, 0.25) is 5.91 Å². The van der Waals surface area contributed by atoms with Crippen LogP contribution in [0.2, 0.25) is 0 Å². The van der Waals surface area contributed by atoms with Crippen LogP contribution in [-0.4, -0.2) is 45.2 Å². The third-order valence-electron chi connectivity index (χ3n) is 4.66. The highest BCUT2D eigenvalue weighted by atomic mass is 16.5. The van der Waals surface area contributed by atoms with Crippen molar-refractivity contribution in [3.8, 4) is 0 Å². The van der Waals surface area contributed by atoms with Crippen LogP contribution in [0, 0.1) is 5.41 Å². The first-order chi connectivity index (χ1) is 12.2. The maximum Gasteiger partial charge on any atom is 0.246 e. The van der Waals surface area contributed by atoms with Crippen molar-refractivity contribution in [1.29, 1.82) is 0 Å². The lowest BCUT2D eigenvalue weighted by molar-refractivity contribution is -0.114. The van der Waals surface area contributed by atoms with Gasteiger partial charge in [-0.15, -0.1) is 0 Å². The molecular formula is C19H30N4O2. The number of carbonyl (C=O) groups excluding carboxylic acids is 1. The van der Waals surface area contributed by atoms with E-state index in [1.807, 2.05) is 37.3 Å². The Kier molecular flexibility index (Phi) is 7.73. The average molecular weight is 346 g/mol. The molecule has 1 aliphatic carbocycles. The second kappa shape index (κ2) is 10.0. The van der Waals surface area contributed by atoms with Crippen LogP contribution in [0.15, 0.2) is 35.3 Å².